The lowest BCUT2D eigenvalue weighted by atomic mass is 10.00. The summed E-state index contributed by atoms with van der Waals surface area (Å²) in [5.74, 6) is 0.494. The van der Waals surface area contributed by atoms with Crippen LogP contribution < -0.4 is 9.04 Å². The lowest BCUT2D eigenvalue weighted by molar-refractivity contribution is -0.130. The minimum atomic E-state index is -4.10. The molecule has 3 aromatic rings. The van der Waals surface area contributed by atoms with Crippen molar-refractivity contribution in [1.29, 1.82) is 0 Å². The van der Waals surface area contributed by atoms with Gasteiger partial charge in [0.1, 0.15) is 18.0 Å². The zero-order valence-corrected chi connectivity index (χ0v) is 19.1. The molecule has 0 N–H and O–H groups in total. The van der Waals surface area contributed by atoms with Crippen molar-refractivity contribution in [3.8, 4) is 5.75 Å². The topological polar surface area (TPSA) is 93.0 Å². The molecule has 1 aliphatic heterocycles. The number of carbonyl (C=O) groups is 1. The molecule has 0 saturated heterocycles. The molecule has 1 aromatic heterocycles. The SMILES string of the molecule is COc1ccc(N(CC(=O)N2CCc3ccccc3C2)S(=O)(=O)c2c(C)noc2C)cc1. The summed E-state index contributed by atoms with van der Waals surface area (Å²) in [5.41, 5.74) is 2.90. The van der Waals surface area contributed by atoms with Gasteiger partial charge in [0.25, 0.3) is 10.0 Å². The molecule has 0 atom stereocenters. The monoisotopic (exact) mass is 455 g/mol. The van der Waals surface area contributed by atoms with Crippen molar-refractivity contribution in [2.45, 2.75) is 31.7 Å². The van der Waals surface area contributed by atoms with Crippen LogP contribution in [0.25, 0.3) is 0 Å². The minimum absolute atomic E-state index is 0.0230. The summed E-state index contributed by atoms with van der Waals surface area (Å²) in [6.45, 7) is 3.77. The first-order valence-corrected chi connectivity index (χ1v) is 11.7. The second kappa shape index (κ2) is 8.66. The second-order valence-electron chi connectivity index (χ2n) is 7.70. The Morgan fingerprint density at radius 2 is 1.81 bits per heavy atom. The Balaban J connectivity index is 1.67. The quantitative estimate of drug-likeness (QED) is 0.567. The third-order valence-corrected chi connectivity index (χ3v) is 7.66. The summed E-state index contributed by atoms with van der Waals surface area (Å²) in [6, 6.07) is 14.5. The third kappa shape index (κ3) is 4.08. The maximum atomic E-state index is 13.6. The molecule has 9 heteroatoms. The van der Waals surface area contributed by atoms with E-state index in [0.717, 1.165) is 16.3 Å². The number of rotatable bonds is 6. The van der Waals surface area contributed by atoms with Crippen LogP contribution in [-0.2, 0) is 27.8 Å². The van der Waals surface area contributed by atoms with E-state index in [4.69, 9.17) is 9.26 Å². The van der Waals surface area contributed by atoms with Crippen LogP contribution in [0.3, 0.4) is 0 Å². The lowest BCUT2D eigenvalue weighted by Crippen LogP contribution is -2.45. The van der Waals surface area contributed by atoms with E-state index in [1.54, 1.807) is 43.0 Å². The first-order valence-electron chi connectivity index (χ1n) is 10.3. The van der Waals surface area contributed by atoms with Gasteiger partial charge in [-0.05, 0) is 55.7 Å². The van der Waals surface area contributed by atoms with E-state index in [1.165, 1.54) is 12.7 Å². The molecule has 4 rings (SSSR count). The zero-order valence-electron chi connectivity index (χ0n) is 18.2. The largest absolute Gasteiger partial charge is 0.497 e. The summed E-state index contributed by atoms with van der Waals surface area (Å²) in [5, 5.41) is 3.78. The minimum Gasteiger partial charge on any atom is -0.497 e. The molecule has 0 fully saturated rings. The number of carbonyl (C=O) groups excluding carboxylic acids is 1. The van der Waals surface area contributed by atoms with E-state index in [0.29, 0.717) is 24.5 Å². The molecule has 2 aromatic carbocycles. The van der Waals surface area contributed by atoms with Gasteiger partial charge < -0.3 is 14.2 Å². The third-order valence-electron chi connectivity index (χ3n) is 5.64. The fraction of sp³-hybridized carbons (Fsp3) is 0.304. The van der Waals surface area contributed by atoms with Gasteiger partial charge in [-0.25, -0.2) is 8.42 Å². The maximum absolute atomic E-state index is 13.6. The highest BCUT2D eigenvalue weighted by Gasteiger charge is 2.34. The smallest absolute Gasteiger partial charge is 0.270 e. The zero-order chi connectivity index (χ0) is 22.9. The van der Waals surface area contributed by atoms with Crippen LogP contribution in [0.15, 0.2) is 57.9 Å². The fourth-order valence-electron chi connectivity index (χ4n) is 3.95. The van der Waals surface area contributed by atoms with Gasteiger partial charge in [-0.2, -0.15) is 0 Å². The van der Waals surface area contributed by atoms with E-state index >= 15 is 0 Å². The number of amides is 1. The van der Waals surface area contributed by atoms with E-state index in [1.807, 2.05) is 18.2 Å². The second-order valence-corrected chi connectivity index (χ2v) is 9.50. The average molecular weight is 456 g/mol. The normalized spacial score (nSPS) is 13.5. The number of ether oxygens (including phenoxy) is 1. The summed E-state index contributed by atoms with van der Waals surface area (Å²) in [6.07, 6.45) is 0.737. The first-order chi connectivity index (χ1) is 15.3. The van der Waals surface area contributed by atoms with Crippen LogP contribution >= 0.6 is 0 Å². The lowest BCUT2D eigenvalue weighted by Gasteiger charge is -2.31. The standard InChI is InChI=1S/C23H25N3O5S/c1-16-23(17(2)31-24-16)32(28,29)26(20-8-10-21(30-3)11-9-20)15-22(27)25-13-12-18-6-4-5-7-19(18)14-25/h4-11H,12-15H2,1-3H3. The number of anilines is 1. The molecule has 2 heterocycles. The summed E-state index contributed by atoms with van der Waals surface area (Å²) >= 11 is 0. The highest BCUT2D eigenvalue weighted by atomic mass is 32.2. The average Bonchev–Trinajstić information content (AvgIpc) is 3.15. The number of aryl methyl sites for hydroxylation is 2. The Hall–Kier alpha value is -3.33. The van der Waals surface area contributed by atoms with Gasteiger partial charge in [0, 0.05) is 13.1 Å². The predicted octanol–water partition coefficient (Wildman–Crippen LogP) is 3.08. The number of aromatic nitrogens is 1. The van der Waals surface area contributed by atoms with Crippen molar-refractivity contribution in [2.75, 3.05) is 24.5 Å². The molecular formula is C23H25N3O5S. The van der Waals surface area contributed by atoms with Crippen LogP contribution in [0.5, 0.6) is 5.75 Å². The van der Waals surface area contributed by atoms with Crippen molar-refractivity contribution in [1.82, 2.24) is 10.1 Å². The number of hydrogen-bond donors (Lipinski definition) is 0. The van der Waals surface area contributed by atoms with Crippen LogP contribution in [0, 0.1) is 13.8 Å². The van der Waals surface area contributed by atoms with Crippen molar-refractivity contribution < 1.29 is 22.5 Å². The molecule has 0 spiro atoms. The highest BCUT2D eigenvalue weighted by molar-refractivity contribution is 7.93. The Bertz CT molecular complexity index is 1220. The Morgan fingerprint density at radius 3 is 2.44 bits per heavy atom. The molecule has 0 bridgehead atoms. The van der Waals surface area contributed by atoms with Crippen molar-refractivity contribution in [3.63, 3.8) is 0 Å². The van der Waals surface area contributed by atoms with Gasteiger partial charge in [-0.3, -0.25) is 9.10 Å². The molecule has 0 saturated carbocycles. The maximum Gasteiger partial charge on any atom is 0.270 e. The molecule has 1 amide bonds. The molecule has 0 aliphatic carbocycles. The molecule has 0 unspecified atom stereocenters. The van der Waals surface area contributed by atoms with Gasteiger partial charge >= 0.3 is 0 Å². The van der Waals surface area contributed by atoms with Crippen LogP contribution in [0.1, 0.15) is 22.6 Å². The molecule has 1 aliphatic rings. The molecule has 32 heavy (non-hydrogen) atoms. The predicted molar refractivity (Wildman–Crippen MR) is 119 cm³/mol. The van der Waals surface area contributed by atoms with Crippen LogP contribution in [0.4, 0.5) is 5.69 Å². The van der Waals surface area contributed by atoms with E-state index in [2.05, 4.69) is 11.2 Å². The van der Waals surface area contributed by atoms with E-state index in [-0.39, 0.29) is 28.8 Å². The van der Waals surface area contributed by atoms with E-state index in [9.17, 15) is 13.2 Å². The number of sulfonamides is 1. The van der Waals surface area contributed by atoms with Crippen LogP contribution in [-0.4, -0.2) is 44.6 Å². The number of hydrogen-bond acceptors (Lipinski definition) is 6. The number of nitrogens with zero attached hydrogens (tertiary/aromatic N) is 3. The molecule has 168 valence electrons. The molecule has 8 nitrogen and oxygen atoms in total. The van der Waals surface area contributed by atoms with Crippen LogP contribution in [0.2, 0.25) is 0 Å². The summed E-state index contributed by atoms with van der Waals surface area (Å²) in [4.78, 5) is 14.9. The van der Waals surface area contributed by atoms with Crippen molar-refractivity contribution in [2.24, 2.45) is 0 Å². The van der Waals surface area contributed by atoms with Gasteiger partial charge in [-0.1, -0.05) is 29.4 Å². The van der Waals surface area contributed by atoms with E-state index < -0.39 is 10.0 Å². The number of benzene rings is 2. The van der Waals surface area contributed by atoms with Gasteiger partial charge in [0.2, 0.25) is 5.91 Å². The summed E-state index contributed by atoms with van der Waals surface area (Å²) < 4.78 is 38.7. The number of fused-ring (bicyclic) bond motifs is 1. The summed E-state index contributed by atoms with van der Waals surface area (Å²) in [7, 11) is -2.56. The molecule has 0 radical (unpaired) electrons. The van der Waals surface area contributed by atoms with Gasteiger partial charge in [0.05, 0.1) is 12.8 Å². The molecular weight excluding hydrogens is 430 g/mol. The highest BCUT2D eigenvalue weighted by Crippen LogP contribution is 2.29. The Labute approximate surface area is 187 Å². The number of methoxy groups -OCH3 is 1. The van der Waals surface area contributed by atoms with Gasteiger partial charge in [0.15, 0.2) is 10.7 Å². The Kier molecular flexibility index (Phi) is 5.92. The Morgan fingerprint density at radius 1 is 1.12 bits per heavy atom. The van der Waals surface area contributed by atoms with Crippen molar-refractivity contribution in [3.05, 3.63) is 71.1 Å². The van der Waals surface area contributed by atoms with Gasteiger partial charge in [-0.15, -0.1) is 0 Å². The fourth-order valence-corrected chi connectivity index (χ4v) is 5.66. The van der Waals surface area contributed by atoms with Crippen molar-refractivity contribution >= 4 is 21.6 Å². The first kappa shape index (κ1) is 21.9.